The van der Waals surface area contributed by atoms with Crippen molar-refractivity contribution in [3.05, 3.63) is 0 Å². The molecule has 10 heavy (non-hydrogen) atoms. The third kappa shape index (κ3) is 2.25. The smallest absolute Gasteiger partial charge is 0.117 e. The fourth-order valence-corrected chi connectivity index (χ4v) is 1.26. The van der Waals surface area contributed by atoms with Crippen LogP contribution in [0.3, 0.4) is 0 Å². The van der Waals surface area contributed by atoms with Gasteiger partial charge in [-0.25, -0.2) is 0 Å². The van der Waals surface area contributed by atoms with Crippen LogP contribution in [0.4, 0.5) is 0 Å². The van der Waals surface area contributed by atoms with Crippen LogP contribution in [0.25, 0.3) is 0 Å². The number of hydrogen-bond acceptors (Lipinski definition) is 3. The van der Waals surface area contributed by atoms with Crippen LogP contribution < -0.4 is 5.32 Å². The molecule has 1 atom stereocenters. The topological polar surface area (TPSA) is 35.5 Å². The molecule has 1 saturated heterocycles. The highest BCUT2D eigenvalue weighted by Gasteiger charge is 2.12. The molecule has 2 N–H and O–H groups in total. The Morgan fingerprint density at radius 3 is 3.20 bits per heavy atom. The Morgan fingerprint density at radius 1 is 1.70 bits per heavy atom. The van der Waals surface area contributed by atoms with Crippen LogP contribution in [-0.2, 0) is 0 Å². The number of nitrogens with one attached hydrogen (secondary N) is 1. The molecule has 0 bridgehead atoms. The van der Waals surface area contributed by atoms with Crippen molar-refractivity contribution in [1.29, 1.82) is 0 Å². The van der Waals surface area contributed by atoms with E-state index in [0.717, 1.165) is 32.6 Å². The average molecular weight is 144 g/mol. The lowest BCUT2D eigenvalue weighted by atomic mass is 10.4. The number of aliphatic hydroxyl groups is 1. The predicted molar refractivity (Wildman–Crippen MR) is 40.7 cm³/mol. The van der Waals surface area contributed by atoms with Gasteiger partial charge in [0.15, 0.2) is 0 Å². The molecule has 60 valence electrons. The number of hydrogen-bond donors (Lipinski definition) is 2. The van der Waals surface area contributed by atoms with Crippen molar-refractivity contribution in [2.24, 2.45) is 0 Å². The average Bonchev–Trinajstić information content (AvgIpc) is 2.13. The first kappa shape index (κ1) is 7.98. The van der Waals surface area contributed by atoms with Crippen LogP contribution in [0.15, 0.2) is 0 Å². The summed E-state index contributed by atoms with van der Waals surface area (Å²) < 4.78 is 0. The summed E-state index contributed by atoms with van der Waals surface area (Å²) >= 11 is 0. The maximum atomic E-state index is 9.24. The fraction of sp³-hybridized carbons (Fsp3) is 1.00. The van der Waals surface area contributed by atoms with Gasteiger partial charge in [-0.3, -0.25) is 10.2 Å². The standard InChI is InChI=1S/C7H16N2O/c1-2-9-5-3-4-8-7(10)6-9/h7-8,10H,2-6H2,1H3. The highest BCUT2D eigenvalue weighted by atomic mass is 16.3. The molecule has 0 aromatic rings. The third-order valence-corrected chi connectivity index (χ3v) is 1.91. The molecule has 0 spiro atoms. The van der Waals surface area contributed by atoms with E-state index in [0.29, 0.717) is 0 Å². The third-order valence-electron chi connectivity index (χ3n) is 1.91. The van der Waals surface area contributed by atoms with E-state index in [-0.39, 0.29) is 6.23 Å². The minimum absolute atomic E-state index is 0.317. The van der Waals surface area contributed by atoms with E-state index >= 15 is 0 Å². The van der Waals surface area contributed by atoms with Crippen LogP contribution in [0.2, 0.25) is 0 Å². The largest absolute Gasteiger partial charge is 0.377 e. The summed E-state index contributed by atoms with van der Waals surface area (Å²) in [5, 5.41) is 12.3. The molecule has 1 rings (SSSR count). The first-order valence-electron chi connectivity index (χ1n) is 3.96. The Hall–Kier alpha value is -0.120. The highest BCUT2D eigenvalue weighted by molar-refractivity contribution is 4.67. The normalized spacial score (nSPS) is 30.0. The summed E-state index contributed by atoms with van der Waals surface area (Å²) in [7, 11) is 0. The Bertz CT molecular complexity index is 97.6. The molecule has 1 fully saturated rings. The van der Waals surface area contributed by atoms with Crippen molar-refractivity contribution in [3.63, 3.8) is 0 Å². The second kappa shape index (κ2) is 3.91. The van der Waals surface area contributed by atoms with Crippen LogP contribution in [-0.4, -0.2) is 42.4 Å². The van der Waals surface area contributed by atoms with Gasteiger partial charge in [-0.2, -0.15) is 0 Å². The molecule has 0 amide bonds. The molecular formula is C7H16N2O. The molecule has 1 heterocycles. The van der Waals surface area contributed by atoms with Gasteiger partial charge in [0.2, 0.25) is 0 Å². The van der Waals surface area contributed by atoms with Crippen molar-refractivity contribution < 1.29 is 5.11 Å². The fourth-order valence-electron chi connectivity index (χ4n) is 1.26. The Balaban J connectivity index is 2.30. The predicted octanol–water partition coefficient (Wildman–Crippen LogP) is -0.380. The van der Waals surface area contributed by atoms with Crippen LogP contribution in [0.1, 0.15) is 13.3 Å². The molecule has 0 radical (unpaired) electrons. The van der Waals surface area contributed by atoms with E-state index < -0.39 is 0 Å². The molecule has 1 aliphatic heterocycles. The summed E-state index contributed by atoms with van der Waals surface area (Å²) in [6, 6.07) is 0. The van der Waals surface area contributed by atoms with E-state index in [2.05, 4.69) is 17.1 Å². The monoisotopic (exact) mass is 144 g/mol. The summed E-state index contributed by atoms with van der Waals surface area (Å²) in [6.07, 6.45) is 0.827. The van der Waals surface area contributed by atoms with E-state index in [1.165, 1.54) is 0 Å². The van der Waals surface area contributed by atoms with E-state index in [4.69, 9.17) is 0 Å². The van der Waals surface area contributed by atoms with Gasteiger partial charge in [0.1, 0.15) is 6.23 Å². The van der Waals surface area contributed by atoms with Crippen molar-refractivity contribution >= 4 is 0 Å². The summed E-state index contributed by atoms with van der Waals surface area (Å²) in [5.74, 6) is 0. The molecular weight excluding hydrogens is 128 g/mol. The number of likely N-dealkylation sites (N-methyl/N-ethyl adjacent to an activating group) is 1. The lowest BCUT2D eigenvalue weighted by Gasteiger charge is -2.18. The van der Waals surface area contributed by atoms with Crippen molar-refractivity contribution in [3.8, 4) is 0 Å². The first-order valence-corrected chi connectivity index (χ1v) is 3.96. The highest BCUT2D eigenvalue weighted by Crippen LogP contribution is 1.96. The molecule has 3 heteroatoms. The van der Waals surface area contributed by atoms with Crippen molar-refractivity contribution in [2.75, 3.05) is 26.2 Å². The van der Waals surface area contributed by atoms with Crippen molar-refractivity contribution in [1.82, 2.24) is 10.2 Å². The zero-order valence-electron chi connectivity index (χ0n) is 6.51. The lowest BCUT2D eigenvalue weighted by molar-refractivity contribution is 0.105. The maximum absolute atomic E-state index is 9.24. The molecule has 1 aliphatic rings. The Kier molecular flexibility index (Phi) is 3.12. The molecule has 0 saturated carbocycles. The van der Waals surface area contributed by atoms with Crippen LogP contribution in [0, 0.1) is 0 Å². The van der Waals surface area contributed by atoms with Gasteiger partial charge in [0.25, 0.3) is 0 Å². The quantitative estimate of drug-likeness (QED) is 0.526. The lowest BCUT2D eigenvalue weighted by Crippen LogP contribution is -2.37. The maximum Gasteiger partial charge on any atom is 0.117 e. The van der Waals surface area contributed by atoms with Crippen molar-refractivity contribution in [2.45, 2.75) is 19.6 Å². The van der Waals surface area contributed by atoms with Gasteiger partial charge in [-0.1, -0.05) is 6.92 Å². The minimum atomic E-state index is -0.317. The number of aliphatic hydroxyl groups excluding tert-OH is 1. The van der Waals surface area contributed by atoms with Gasteiger partial charge in [-0.05, 0) is 26.1 Å². The second-order valence-electron chi connectivity index (χ2n) is 2.72. The molecule has 0 aliphatic carbocycles. The van der Waals surface area contributed by atoms with Gasteiger partial charge in [0.05, 0.1) is 0 Å². The number of rotatable bonds is 1. The first-order chi connectivity index (χ1) is 4.83. The van der Waals surface area contributed by atoms with Gasteiger partial charge in [-0.15, -0.1) is 0 Å². The Morgan fingerprint density at radius 2 is 2.50 bits per heavy atom. The Labute approximate surface area is 62.0 Å². The molecule has 1 unspecified atom stereocenters. The van der Waals surface area contributed by atoms with E-state index in [1.54, 1.807) is 0 Å². The van der Waals surface area contributed by atoms with Gasteiger partial charge < -0.3 is 5.11 Å². The number of nitrogens with zero attached hydrogens (tertiary/aromatic N) is 1. The minimum Gasteiger partial charge on any atom is -0.377 e. The molecule has 0 aromatic carbocycles. The van der Waals surface area contributed by atoms with Gasteiger partial charge >= 0.3 is 0 Å². The van der Waals surface area contributed by atoms with Crippen LogP contribution >= 0.6 is 0 Å². The summed E-state index contributed by atoms with van der Waals surface area (Å²) in [6.45, 7) is 5.99. The zero-order valence-corrected chi connectivity index (χ0v) is 6.51. The van der Waals surface area contributed by atoms with Gasteiger partial charge in [0, 0.05) is 6.54 Å². The zero-order chi connectivity index (χ0) is 7.40. The summed E-state index contributed by atoms with van der Waals surface area (Å²) in [4.78, 5) is 2.25. The van der Waals surface area contributed by atoms with Crippen LogP contribution in [0.5, 0.6) is 0 Å². The van der Waals surface area contributed by atoms with E-state index in [1.807, 2.05) is 0 Å². The SMILES string of the molecule is CCN1CCCNC(O)C1. The summed E-state index contributed by atoms with van der Waals surface area (Å²) in [5.41, 5.74) is 0. The second-order valence-corrected chi connectivity index (χ2v) is 2.72. The number of β-amino-alcohol motifs (C(OH)–C–C–N with tert-alkyl or cyclic N) is 1. The van der Waals surface area contributed by atoms with E-state index in [9.17, 15) is 5.11 Å². The molecule has 3 nitrogen and oxygen atoms in total. The molecule has 0 aromatic heterocycles.